The van der Waals surface area contributed by atoms with E-state index in [1.54, 1.807) is 0 Å². The molecule has 0 N–H and O–H groups in total. The molecule has 1 aromatic rings. The Morgan fingerprint density at radius 3 is 2.35 bits per heavy atom. The van der Waals surface area contributed by atoms with E-state index >= 15 is 0 Å². The summed E-state index contributed by atoms with van der Waals surface area (Å²) in [6.07, 6.45) is 8.19. The highest BCUT2D eigenvalue weighted by molar-refractivity contribution is 5.75. The molecule has 2 atom stereocenters. The number of carbonyl (C=O) groups excluding carboxylic acids is 1. The van der Waals surface area contributed by atoms with Crippen molar-refractivity contribution in [3.63, 3.8) is 0 Å². The van der Waals surface area contributed by atoms with E-state index in [9.17, 15) is 18.0 Å². The number of rotatable bonds is 5. The summed E-state index contributed by atoms with van der Waals surface area (Å²) in [5, 5.41) is 0. The van der Waals surface area contributed by atoms with E-state index in [0.29, 0.717) is 37.0 Å². The first kappa shape index (κ1) is 19.2. The maximum Gasteiger partial charge on any atom is 0.314 e. The lowest BCUT2D eigenvalue weighted by Gasteiger charge is -2.31. The van der Waals surface area contributed by atoms with Crippen LogP contribution in [0.25, 0.3) is 0 Å². The van der Waals surface area contributed by atoms with Crippen LogP contribution < -0.4 is 4.74 Å². The van der Waals surface area contributed by atoms with Gasteiger partial charge in [0.1, 0.15) is 5.75 Å². The highest BCUT2D eigenvalue weighted by Gasteiger charge is 2.36. The van der Waals surface area contributed by atoms with E-state index in [1.165, 1.54) is 0 Å². The largest absolute Gasteiger partial charge is 0.426 e. The lowest BCUT2D eigenvalue weighted by Crippen LogP contribution is -2.30. The standard InChI is InChI=1S/C20H25F3O3/c1-2-3-14-8-9-18(25-14)12-4-6-13(7-5-12)20(24)26-15-10-16(21)19(23)17(22)11-15/h10-14,18H,2-9H2,1H3. The van der Waals surface area contributed by atoms with Gasteiger partial charge in [-0.15, -0.1) is 0 Å². The van der Waals surface area contributed by atoms with Gasteiger partial charge in [-0.05, 0) is 50.9 Å². The summed E-state index contributed by atoms with van der Waals surface area (Å²) in [6.45, 7) is 2.16. The first-order chi connectivity index (χ1) is 12.5. The topological polar surface area (TPSA) is 35.5 Å². The highest BCUT2D eigenvalue weighted by Crippen LogP contribution is 2.38. The molecule has 2 aliphatic rings. The van der Waals surface area contributed by atoms with Crippen molar-refractivity contribution in [3.05, 3.63) is 29.6 Å². The summed E-state index contributed by atoms with van der Waals surface area (Å²) in [5.41, 5.74) is 0. The van der Waals surface area contributed by atoms with Crippen molar-refractivity contribution in [1.82, 2.24) is 0 Å². The van der Waals surface area contributed by atoms with Gasteiger partial charge in [-0.3, -0.25) is 4.79 Å². The third-order valence-electron chi connectivity index (χ3n) is 5.56. The summed E-state index contributed by atoms with van der Waals surface area (Å²) in [6, 6.07) is 1.39. The van der Waals surface area contributed by atoms with Gasteiger partial charge in [0.25, 0.3) is 0 Å². The van der Waals surface area contributed by atoms with Gasteiger partial charge in [0, 0.05) is 12.1 Å². The molecule has 0 aromatic heterocycles. The molecule has 3 rings (SSSR count). The van der Waals surface area contributed by atoms with E-state index in [4.69, 9.17) is 9.47 Å². The number of hydrogen-bond acceptors (Lipinski definition) is 3. The van der Waals surface area contributed by atoms with Crippen LogP contribution in [-0.2, 0) is 9.53 Å². The summed E-state index contributed by atoms with van der Waals surface area (Å²) >= 11 is 0. The predicted octanol–water partition coefficient (Wildman–Crippen LogP) is 5.16. The smallest absolute Gasteiger partial charge is 0.314 e. The third-order valence-corrected chi connectivity index (χ3v) is 5.56. The number of benzene rings is 1. The van der Waals surface area contributed by atoms with Crippen LogP contribution in [0.4, 0.5) is 13.2 Å². The second kappa shape index (κ2) is 8.42. The molecule has 1 saturated carbocycles. The molecule has 144 valence electrons. The minimum atomic E-state index is -1.57. The molecule has 26 heavy (non-hydrogen) atoms. The minimum absolute atomic E-state index is 0.281. The van der Waals surface area contributed by atoms with Crippen LogP contribution in [0.1, 0.15) is 58.3 Å². The maximum atomic E-state index is 13.2. The Morgan fingerprint density at radius 1 is 1.08 bits per heavy atom. The molecule has 1 aromatic carbocycles. The van der Waals surface area contributed by atoms with Crippen LogP contribution in [0.2, 0.25) is 0 Å². The van der Waals surface area contributed by atoms with Gasteiger partial charge in [0.15, 0.2) is 17.5 Å². The van der Waals surface area contributed by atoms with Crippen LogP contribution in [0.15, 0.2) is 12.1 Å². The summed E-state index contributed by atoms with van der Waals surface area (Å²) in [4.78, 5) is 12.2. The van der Waals surface area contributed by atoms with E-state index in [1.807, 2.05) is 0 Å². The van der Waals surface area contributed by atoms with Gasteiger partial charge < -0.3 is 9.47 Å². The summed E-state index contributed by atoms with van der Waals surface area (Å²) in [5.74, 6) is -4.94. The normalized spacial score (nSPS) is 28.9. The monoisotopic (exact) mass is 370 g/mol. The number of hydrogen-bond donors (Lipinski definition) is 0. The average Bonchev–Trinajstić information content (AvgIpc) is 3.09. The van der Waals surface area contributed by atoms with Gasteiger partial charge in [0.05, 0.1) is 18.1 Å². The molecule has 0 spiro atoms. The zero-order valence-electron chi connectivity index (χ0n) is 15.0. The van der Waals surface area contributed by atoms with E-state index in [-0.39, 0.29) is 17.8 Å². The van der Waals surface area contributed by atoms with Crippen LogP contribution in [0.5, 0.6) is 5.75 Å². The van der Waals surface area contributed by atoms with Crippen molar-refractivity contribution in [3.8, 4) is 5.75 Å². The number of carbonyl (C=O) groups is 1. The number of ether oxygens (including phenoxy) is 2. The van der Waals surface area contributed by atoms with Crippen LogP contribution >= 0.6 is 0 Å². The first-order valence-electron chi connectivity index (χ1n) is 9.49. The summed E-state index contributed by atoms with van der Waals surface area (Å²) in [7, 11) is 0. The quantitative estimate of drug-likeness (QED) is 0.408. The lowest BCUT2D eigenvalue weighted by atomic mass is 9.79. The number of esters is 1. The van der Waals surface area contributed by atoms with Crippen molar-refractivity contribution in [2.45, 2.75) is 70.5 Å². The Hall–Kier alpha value is -1.56. The van der Waals surface area contributed by atoms with Crippen molar-refractivity contribution in [2.24, 2.45) is 11.8 Å². The molecular weight excluding hydrogens is 345 g/mol. The van der Waals surface area contributed by atoms with E-state index in [0.717, 1.165) is 38.5 Å². The van der Waals surface area contributed by atoms with Gasteiger partial charge in [0.2, 0.25) is 0 Å². The molecule has 2 fully saturated rings. The molecule has 0 radical (unpaired) electrons. The maximum absolute atomic E-state index is 13.2. The average molecular weight is 370 g/mol. The Kier molecular flexibility index (Phi) is 6.22. The van der Waals surface area contributed by atoms with E-state index < -0.39 is 23.4 Å². The second-order valence-corrected chi connectivity index (χ2v) is 7.40. The van der Waals surface area contributed by atoms with Crippen molar-refractivity contribution >= 4 is 5.97 Å². The van der Waals surface area contributed by atoms with E-state index in [2.05, 4.69) is 6.92 Å². The molecule has 6 heteroatoms. The van der Waals surface area contributed by atoms with Gasteiger partial charge in [-0.1, -0.05) is 13.3 Å². The number of halogens is 3. The fourth-order valence-corrected chi connectivity index (χ4v) is 4.13. The molecule has 1 saturated heterocycles. The zero-order valence-corrected chi connectivity index (χ0v) is 15.0. The molecule has 1 aliphatic heterocycles. The molecule has 1 heterocycles. The SMILES string of the molecule is CCCC1CCC(C2CCC(C(=O)Oc3cc(F)c(F)c(F)c3)CC2)O1. The molecule has 0 amide bonds. The third kappa shape index (κ3) is 4.40. The Bertz CT molecular complexity index is 618. The molecule has 2 unspecified atom stereocenters. The van der Waals surface area contributed by atoms with Gasteiger partial charge >= 0.3 is 5.97 Å². The van der Waals surface area contributed by atoms with Crippen LogP contribution in [0, 0.1) is 29.3 Å². The molecular formula is C20H25F3O3. The first-order valence-corrected chi connectivity index (χ1v) is 9.49. The van der Waals surface area contributed by atoms with Crippen molar-refractivity contribution in [1.29, 1.82) is 0 Å². The predicted molar refractivity (Wildman–Crippen MR) is 90.2 cm³/mol. The molecule has 1 aliphatic carbocycles. The second-order valence-electron chi connectivity index (χ2n) is 7.40. The lowest BCUT2D eigenvalue weighted by molar-refractivity contribution is -0.140. The molecule has 3 nitrogen and oxygen atoms in total. The van der Waals surface area contributed by atoms with Gasteiger partial charge in [-0.2, -0.15) is 0 Å². The minimum Gasteiger partial charge on any atom is -0.426 e. The van der Waals surface area contributed by atoms with Crippen LogP contribution in [0.3, 0.4) is 0 Å². The zero-order chi connectivity index (χ0) is 18.7. The Balaban J connectivity index is 1.49. The summed E-state index contributed by atoms with van der Waals surface area (Å²) < 4.78 is 50.6. The van der Waals surface area contributed by atoms with Crippen molar-refractivity contribution in [2.75, 3.05) is 0 Å². The van der Waals surface area contributed by atoms with Crippen molar-refractivity contribution < 1.29 is 27.4 Å². The molecule has 0 bridgehead atoms. The van der Waals surface area contributed by atoms with Gasteiger partial charge in [-0.25, -0.2) is 13.2 Å². The van der Waals surface area contributed by atoms with Crippen LogP contribution in [-0.4, -0.2) is 18.2 Å². The fraction of sp³-hybridized carbons (Fsp3) is 0.650. The fourth-order valence-electron chi connectivity index (χ4n) is 4.13. The highest BCUT2D eigenvalue weighted by atomic mass is 19.2. The Morgan fingerprint density at radius 2 is 1.73 bits per heavy atom. The Labute approximate surface area is 151 Å².